The van der Waals surface area contributed by atoms with Crippen LogP contribution in [-0.2, 0) is 0 Å². The summed E-state index contributed by atoms with van der Waals surface area (Å²) in [6.45, 7) is 1.27. The summed E-state index contributed by atoms with van der Waals surface area (Å²) >= 11 is 0. The maximum Gasteiger partial charge on any atom is 0.336 e. The standard InChI is InChI=1S/C15H10F2O3/c1-8(18)11-4-2-9(16)6-13(11)14-7-10(17)3-5-12(14)15(19)20/h2-7H,1H3,(H,19,20). The highest BCUT2D eigenvalue weighted by atomic mass is 19.1. The molecule has 1 N–H and O–H groups in total. The Morgan fingerprint density at radius 2 is 1.35 bits per heavy atom. The molecule has 3 nitrogen and oxygen atoms in total. The predicted molar refractivity (Wildman–Crippen MR) is 68.8 cm³/mol. The van der Waals surface area contributed by atoms with Crippen LogP contribution in [0.4, 0.5) is 8.78 Å². The van der Waals surface area contributed by atoms with Gasteiger partial charge in [-0.25, -0.2) is 13.6 Å². The Kier molecular flexibility index (Phi) is 3.61. The van der Waals surface area contributed by atoms with Crippen LogP contribution in [0, 0.1) is 11.6 Å². The van der Waals surface area contributed by atoms with E-state index in [4.69, 9.17) is 5.11 Å². The summed E-state index contributed by atoms with van der Waals surface area (Å²) in [5.74, 6) is -2.94. The Morgan fingerprint density at radius 1 is 0.900 bits per heavy atom. The van der Waals surface area contributed by atoms with Gasteiger partial charge in [-0.1, -0.05) is 0 Å². The fourth-order valence-corrected chi connectivity index (χ4v) is 1.97. The van der Waals surface area contributed by atoms with Gasteiger partial charge in [0.2, 0.25) is 0 Å². The topological polar surface area (TPSA) is 54.4 Å². The number of aromatic carboxylic acids is 1. The number of carbonyl (C=O) groups is 2. The molecule has 2 rings (SSSR count). The number of carboxylic acid groups (broad SMARTS) is 1. The summed E-state index contributed by atoms with van der Waals surface area (Å²) < 4.78 is 26.7. The molecule has 2 aromatic carbocycles. The summed E-state index contributed by atoms with van der Waals surface area (Å²) in [6, 6.07) is 6.44. The third kappa shape index (κ3) is 2.56. The largest absolute Gasteiger partial charge is 0.478 e. The molecular formula is C15H10F2O3. The van der Waals surface area contributed by atoms with E-state index in [0.29, 0.717) is 0 Å². The second kappa shape index (κ2) is 5.21. The number of hydrogen-bond acceptors (Lipinski definition) is 2. The smallest absolute Gasteiger partial charge is 0.336 e. The van der Waals surface area contributed by atoms with Crippen LogP contribution in [-0.4, -0.2) is 16.9 Å². The Balaban J connectivity index is 2.79. The highest BCUT2D eigenvalue weighted by Gasteiger charge is 2.17. The first-order valence-corrected chi connectivity index (χ1v) is 5.74. The molecular weight excluding hydrogens is 266 g/mol. The molecule has 0 saturated heterocycles. The molecule has 0 aliphatic rings. The average molecular weight is 276 g/mol. The van der Waals surface area contributed by atoms with E-state index in [1.807, 2.05) is 0 Å². The molecule has 0 saturated carbocycles. The first-order valence-electron chi connectivity index (χ1n) is 5.74. The molecule has 0 aromatic heterocycles. The number of hydrogen-bond donors (Lipinski definition) is 1. The van der Waals surface area contributed by atoms with Crippen LogP contribution in [0.2, 0.25) is 0 Å². The predicted octanol–water partition coefficient (Wildman–Crippen LogP) is 3.53. The molecule has 0 fully saturated rings. The van der Waals surface area contributed by atoms with Crippen LogP contribution in [0.3, 0.4) is 0 Å². The van der Waals surface area contributed by atoms with Crippen molar-refractivity contribution in [3.05, 3.63) is 59.2 Å². The molecule has 0 heterocycles. The Morgan fingerprint density at radius 3 is 1.80 bits per heavy atom. The Bertz CT molecular complexity index is 647. The highest BCUT2D eigenvalue weighted by Crippen LogP contribution is 2.29. The van der Waals surface area contributed by atoms with Crippen molar-refractivity contribution >= 4 is 11.8 Å². The van der Waals surface area contributed by atoms with Gasteiger partial charge in [-0.05, 0) is 54.4 Å². The molecule has 5 heteroatoms. The minimum absolute atomic E-state index is 0.0257. The van der Waals surface area contributed by atoms with Crippen molar-refractivity contribution in [1.82, 2.24) is 0 Å². The van der Waals surface area contributed by atoms with Crippen LogP contribution in [0.1, 0.15) is 27.6 Å². The van der Waals surface area contributed by atoms with Gasteiger partial charge in [0, 0.05) is 5.56 Å². The SMILES string of the molecule is CC(=O)c1ccc(F)cc1-c1cc(F)ccc1C(=O)O. The lowest BCUT2D eigenvalue weighted by atomic mass is 9.93. The summed E-state index contributed by atoms with van der Waals surface area (Å²) in [7, 11) is 0. The zero-order valence-electron chi connectivity index (χ0n) is 10.5. The van der Waals surface area contributed by atoms with Gasteiger partial charge in [-0.15, -0.1) is 0 Å². The van der Waals surface area contributed by atoms with E-state index in [1.165, 1.54) is 13.0 Å². The van der Waals surface area contributed by atoms with Crippen LogP contribution >= 0.6 is 0 Å². The summed E-state index contributed by atoms with van der Waals surface area (Å²) in [6.07, 6.45) is 0. The number of Topliss-reactive ketones (excluding diaryl/α,β-unsaturated/α-hetero) is 1. The van der Waals surface area contributed by atoms with Gasteiger partial charge in [-0.3, -0.25) is 4.79 Å². The number of halogens is 2. The number of carboxylic acids is 1. The monoisotopic (exact) mass is 276 g/mol. The second-order valence-electron chi connectivity index (χ2n) is 4.24. The van der Waals surface area contributed by atoms with E-state index in [9.17, 15) is 18.4 Å². The van der Waals surface area contributed by atoms with Gasteiger partial charge in [0.25, 0.3) is 0 Å². The first kappa shape index (κ1) is 13.9. The van der Waals surface area contributed by atoms with Crippen molar-refractivity contribution in [2.75, 3.05) is 0 Å². The molecule has 0 amide bonds. The Hall–Kier alpha value is -2.56. The zero-order chi connectivity index (χ0) is 14.9. The van der Waals surface area contributed by atoms with Crippen LogP contribution in [0.25, 0.3) is 11.1 Å². The van der Waals surface area contributed by atoms with Crippen molar-refractivity contribution in [3.63, 3.8) is 0 Å². The molecule has 2 aromatic rings. The molecule has 0 radical (unpaired) electrons. The molecule has 0 bridgehead atoms. The van der Waals surface area contributed by atoms with E-state index in [-0.39, 0.29) is 28.0 Å². The molecule has 102 valence electrons. The van der Waals surface area contributed by atoms with Gasteiger partial charge in [0.05, 0.1) is 5.56 Å². The molecule has 0 aliphatic heterocycles. The van der Waals surface area contributed by atoms with Crippen LogP contribution in [0.15, 0.2) is 36.4 Å². The summed E-state index contributed by atoms with van der Waals surface area (Å²) in [5.41, 5.74) is -0.0180. The van der Waals surface area contributed by atoms with Crippen LogP contribution in [0.5, 0.6) is 0 Å². The lowest BCUT2D eigenvalue weighted by Gasteiger charge is -2.10. The van der Waals surface area contributed by atoms with Gasteiger partial charge >= 0.3 is 5.97 Å². The van der Waals surface area contributed by atoms with Crippen molar-refractivity contribution in [1.29, 1.82) is 0 Å². The first-order chi connectivity index (χ1) is 9.40. The summed E-state index contributed by atoms with van der Waals surface area (Å²) in [4.78, 5) is 22.7. The molecule has 0 aliphatic carbocycles. The van der Waals surface area contributed by atoms with Crippen molar-refractivity contribution < 1.29 is 23.5 Å². The van der Waals surface area contributed by atoms with E-state index >= 15 is 0 Å². The lowest BCUT2D eigenvalue weighted by molar-refractivity contribution is 0.0697. The molecule has 0 spiro atoms. The maximum atomic E-state index is 13.4. The number of rotatable bonds is 3. The number of ketones is 1. The van der Waals surface area contributed by atoms with E-state index in [2.05, 4.69) is 0 Å². The van der Waals surface area contributed by atoms with Gasteiger partial charge in [-0.2, -0.15) is 0 Å². The number of benzene rings is 2. The van der Waals surface area contributed by atoms with E-state index in [0.717, 1.165) is 30.3 Å². The molecule has 0 atom stereocenters. The number of carbonyl (C=O) groups excluding carboxylic acids is 1. The minimum atomic E-state index is -1.28. The quantitative estimate of drug-likeness (QED) is 0.872. The zero-order valence-corrected chi connectivity index (χ0v) is 10.5. The normalized spacial score (nSPS) is 10.3. The van der Waals surface area contributed by atoms with Gasteiger partial charge in [0.15, 0.2) is 5.78 Å². The average Bonchev–Trinajstić information content (AvgIpc) is 2.37. The Labute approximate surface area is 113 Å². The highest BCUT2D eigenvalue weighted by molar-refractivity contribution is 6.04. The second-order valence-corrected chi connectivity index (χ2v) is 4.24. The molecule has 20 heavy (non-hydrogen) atoms. The minimum Gasteiger partial charge on any atom is -0.478 e. The fraction of sp³-hybridized carbons (Fsp3) is 0.0667. The van der Waals surface area contributed by atoms with Gasteiger partial charge in [0.1, 0.15) is 11.6 Å². The lowest BCUT2D eigenvalue weighted by Crippen LogP contribution is -2.04. The van der Waals surface area contributed by atoms with Crippen molar-refractivity contribution in [3.8, 4) is 11.1 Å². The van der Waals surface area contributed by atoms with Crippen molar-refractivity contribution in [2.45, 2.75) is 6.92 Å². The van der Waals surface area contributed by atoms with Gasteiger partial charge < -0.3 is 5.11 Å². The third-order valence-electron chi connectivity index (χ3n) is 2.86. The third-order valence-corrected chi connectivity index (χ3v) is 2.86. The summed E-state index contributed by atoms with van der Waals surface area (Å²) in [5, 5.41) is 9.12. The maximum absolute atomic E-state index is 13.4. The van der Waals surface area contributed by atoms with E-state index < -0.39 is 17.6 Å². The van der Waals surface area contributed by atoms with Crippen LogP contribution < -0.4 is 0 Å². The van der Waals surface area contributed by atoms with Crippen molar-refractivity contribution in [2.24, 2.45) is 0 Å². The van der Waals surface area contributed by atoms with E-state index in [1.54, 1.807) is 0 Å². The fourth-order valence-electron chi connectivity index (χ4n) is 1.97. The molecule has 0 unspecified atom stereocenters.